The lowest BCUT2D eigenvalue weighted by Gasteiger charge is -2.18. The molecular weight excluding hydrogens is 220 g/mol. The molecule has 0 saturated heterocycles. The fraction of sp³-hybridized carbons (Fsp3) is 0.500. The van der Waals surface area contributed by atoms with E-state index in [4.69, 9.17) is 0 Å². The number of rotatable bonds is 1. The van der Waals surface area contributed by atoms with Gasteiger partial charge in [0.1, 0.15) is 0 Å². The zero-order valence-corrected chi connectivity index (χ0v) is 10.0. The summed E-state index contributed by atoms with van der Waals surface area (Å²) in [7, 11) is 2.90. The van der Waals surface area contributed by atoms with Crippen molar-refractivity contribution in [3.63, 3.8) is 0 Å². The molecule has 92 valence electrons. The molecule has 0 saturated carbocycles. The number of hydrogen-bond donors (Lipinski definition) is 1. The topological polar surface area (TPSA) is 64.2 Å². The van der Waals surface area contributed by atoms with Gasteiger partial charge in [0.15, 0.2) is 0 Å². The Morgan fingerprint density at radius 2 is 2.00 bits per heavy atom. The maximum absolute atomic E-state index is 12.0. The number of aromatic hydroxyl groups is 1. The molecule has 0 aromatic carbocycles. The Morgan fingerprint density at radius 1 is 1.29 bits per heavy atom. The molecule has 1 N–H and O–H groups in total. The van der Waals surface area contributed by atoms with Crippen molar-refractivity contribution in [3.05, 3.63) is 38.6 Å². The van der Waals surface area contributed by atoms with Crippen molar-refractivity contribution in [2.24, 2.45) is 14.1 Å². The van der Waals surface area contributed by atoms with Crippen LogP contribution in [0.25, 0.3) is 0 Å². The zero-order chi connectivity index (χ0) is 12.6. The van der Waals surface area contributed by atoms with E-state index in [2.05, 4.69) is 0 Å². The highest BCUT2D eigenvalue weighted by atomic mass is 16.3. The predicted octanol–water partition coefficient (Wildman–Crippen LogP) is 0.613. The molecule has 1 aliphatic carbocycles. The quantitative estimate of drug-likeness (QED) is 0.727. The molecule has 5 heteroatoms. The number of hydrogen-bond acceptors (Lipinski definition) is 3. The van der Waals surface area contributed by atoms with E-state index in [1.165, 1.54) is 14.1 Å². The molecule has 5 nitrogen and oxygen atoms in total. The standard InChI is InChI=1S/C12H16N2O3/c1-13-10(15)9(8-6-4-3-5-7-8)11(16)14(2)12(13)17/h4,6,8,15H,3,5,7H2,1-2H3/t8-/m1/s1. The fourth-order valence-corrected chi connectivity index (χ4v) is 2.24. The summed E-state index contributed by atoms with van der Waals surface area (Å²) in [4.78, 5) is 23.6. The van der Waals surface area contributed by atoms with E-state index in [9.17, 15) is 14.7 Å². The largest absolute Gasteiger partial charge is 0.494 e. The van der Waals surface area contributed by atoms with Gasteiger partial charge in [-0.05, 0) is 19.3 Å². The Hall–Kier alpha value is -1.78. The highest BCUT2D eigenvalue weighted by molar-refractivity contribution is 5.31. The monoisotopic (exact) mass is 236 g/mol. The van der Waals surface area contributed by atoms with Crippen molar-refractivity contribution in [1.29, 1.82) is 0 Å². The van der Waals surface area contributed by atoms with Crippen LogP contribution in [0.5, 0.6) is 5.88 Å². The minimum absolute atomic E-state index is 0.0887. The maximum Gasteiger partial charge on any atom is 0.333 e. The predicted molar refractivity (Wildman–Crippen MR) is 64.3 cm³/mol. The third-order valence-corrected chi connectivity index (χ3v) is 3.29. The zero-order valence-electron chi connectivity index (χ0n) is 10.0. The first-order valence-electron chi connectivity index (χ1n) is 5.69. The smallest absolute Gasteiger partial charge is 0.333 e. The summed E-state index contributed by atoms with van der Waals surface area (Å²) < 4.78 is 2.15. The van der Waals surface area contributed by atoms with Gasteiger partial charge < -0.3 is 5.11 Å². The van der Waals surface area contributed by atoms with Gasteiger partial charge in [0.25, 0.3) is 5.56 Å². The van der Waals surface area contributed by atoms with E-state index < -0.39 is 11.2 Å². The molecule has 0 bridgehead atoms. The van der Waals surface area contributed by atoms with Crippen molar-refractivity contribution in [1.82, 2.24) is 9.13 Å². The Balaban J connectivity index is 2.69. The van der Waals surface area contributed by atoms with Crippen molar-refractivity contribution < 1.29 is 5.11 Å². The van der Waals surface area contributed by atoms with Crippen LogP contribution in [0.4, 0.5) is 0 Å². The lowest BCUT2D eigenvalue weighted by Crippen LogP contribution is -2.39. The molecule has 0 radical (unpaired) electrons. The molecule has 2 rings (SSSR count). The highest BCUT2D eigenvalue weighted by Gasteiger charge is 2.22. The van der Waals surface area contributed by atoms with Crippen molar-refractivity contribution in [3.8, 4) is 5.88 Å². The summed E-state index contributed by atoms with van der Waals surface area (Å²) >= 11 is 0. The Kier molecular flexibility index (Phi) is 2.92. The van der Waals surface area contributed by atoms with Crippen LogP contribution in [-0.2, 0) is 14.1 Å². The number of aromatic nitrogens is 2. The summed E-state index contributed by atoms with van der Waals surface area (Å²) in [6.07, 6.45) is 6.77. The lowest BCUT2D eigenvalue weighted by atomic mass is 9.90. The molecule has 0 spiro atoms. The molecule has 0 unspecified atom stereocenters. The van der Waals surface area contributed by atoms with Gasteiger partial charge in [-0.2, -0.15) is 0 Å². The molecule has 1 aliphatic rings. The van der Waals surface area contributed by atoms with Gasteiger partial charge in [-0.25, -0.2) is 4.79 Å². The number of allylic oxidation sites excluding steroid dienone is 2. The second-order valence-corrected chi connectivity index (χ2v) is 4.41. The molecule has 0 amide bonds. The Labute approximate surface area is 98.6 Å². The van der Waals surface area contributed by atoms with Crippen LogP contribution in [0.2, 0.25) is 0 Å². The highest BCUT2D eigenvalue weighted by Crippen LogP contribution is 2.29. The second-order valence-electron chi connectivity index (χ2n) is 4.41. The van der Waals surface area contributed by atoms with Gasteiger partial charge in [-0.3, -0.25) is 13.9 Å². The second kappa shape index (κ2) is 4.24. The minimum Gasteiger partial charge on any atom is -0.494 e. The summed E-state index contributed by atoms with van der Waals surface area (Å²) in [5, 5.41) is 9.95. The summed E-state index contributed by atoms with van der Waals surface area (Å²) in [5.74, 6) is -0.302. The molecule has 17 heavy (non-hydrogen) atoms. The molecular formula is C12H16N2O3. The van der Waals surface area contributed by atoms with Gasteiger partial charge >= 0.3 is 5.69 Å². The molecule has 1 atom stereocenters. The van der Waals surface area contributed by atoms with E-state index in [0.29, 0.717) is 5.56 Å². The average Bonchev–Trinajstić information content (AvgIpc) is 2.36. The first kappa shape index (κ1) is 11.7. The molecule has 0 aliphatic heterocycles. The van der Waals surface area contributed by atoms with E-state index >= 15 is 0 Å². The molecule has 0 fully saturated rings. The van der Waals surface area contributed by atoms with Crippen LogP contribution >= 0.6 is 0 Å². The van der Waals surface area contributed by atoms with Gasteiger partial charge in [0, 0.05) is 20.0 Å². The Morgan fingerprint density at radius 3 is 2.59 bits per heavy atom. The maximum atomic E-state index is 12.0. The van der Waals surface area contributed by atoms with Crippen LogP contribution in [0, 0.1) is 0 Å². The number of nitrogens with zero attached hydrogens (tertiary/aromatic N) is 2. The van der Waals surface area contributed by atoms with E-state index in [-0.39, 0.29) is 11.8 Å². The summed E-state index contributed by atoms with van der Waals surface area (Å²) in [6.45, 7) is 0. The van der Waals surface area contributed by atoms with Gasteiger partial charge in [-0.15, -0.1) is 0 Å². The van der Waals surface area contributed by atoms with E-state index in [1.807, 2.05) is 12.2 Å². The van der Waals surface area contributed by atoms with Gasteiger partial charge in [0.2, 0.25) is 5.88 Å². The van der Waals surface area contributed by atoms with Crippen LogP contribution in [-0.4, -0.2) is 14.2 Å². The van der Waals surface area contributed by atoms with Crippen molar-refractivity contribution in [2.45, 2.75) is 25.2 Å². The third-order valence-electron chi connectivity index (χ3n) is 3.29. The van der Waals surface area contributed by atoms with Crippen molar-refractivity contribution >= 4 is 0 Å². The minimum atomic E-state index is -0.504. The molecule has 1 heterocycles. The molecule has 1 aromatic rings. The van der Waals surface area contributed by atoms with E-state index in [0.717, 1.165) is 28.4 Å². The SMILES string of the molecule is Cn1c(O)c([C@@H]2C=CCCC2)c(=O)n(C)c1=O. The van der Waals surface area contributed by atoms with Gasteiger partial charge in [-0.1, -0.05) is 12.2 Å². The normalized spacial score (nSPS) is 19.5. The van der Waals surface area contributed by atoms with Crippen LogP contribution < -0.4 is 11.2 Å². The average molecular weight is 236 g/mol. The van der Waals surface area contributed by atoms with E-state index in [1.54, 1.807) is 0 Å². The Bertz CT molecular complexity index is 581. The summed E-state index contributed by atoms with van der Waals surface area (Å²) in [6, 6.07) is 0. The first-order valence-corrected chi connectivity index (χ1v) is 5.69. The third kappa shape index (κ3) is 1.81. The lowest BCUT2D eigenvalue weighted by molar-refractivity contribution is 0.397. The van der Waals surface area contributed by atoms with Crippen LogP contribution in [0.3, 0.4) is 0 Å². The molecule has 1 aromatic heterocycles. The fourth-order valence-electron chi connectivity index (χ4n) is 2.24. The first-order chi connectivity index (χ1) is 8.04. The van der Waals surface area contributed by atoms with Crippen LogP contribution in [0.1, 0.15) is 30.7 Å². The van der Waals surface area contributed by atoms with Crippen LogP contribution in [0.15, 0.2) is 21.7 Å². The van der Waals surface area contributed by atoms with Crippen molar-refractivity contribution in [2.75, 3.05) is 0 Å². The summed E-state index contributed by atoms with van der Waals surface area (Å²) in [5.41, 5.74) is -0.580. The van der Waals surface area contributed by atoms with Gasteiger partial charge in [0.05, 0.1) is 5.56 Å².